The fraction of sp³-hybridized carbons (Fsp3) is 0.143. The Morgan fingerprint density at radius 2 is 1.32 bits per heavy atom. The monoisotopic (exact) mass is 412 g/mol. The quantitative estimate of drug-likeness (QED) is 0.333. The molecule has 1 atom stereocenters. The summed E-state index contributed by atoms with van der Waals surface area (Å²) < 4.78 is 36.0. The highest BCUT2D eigenvalue weighted by Gasteiger charge is 2.43. The minimum absolute atomic E-state index is 0.0615. The third-order valence-electron chi connectivity index (χ3n) is 6.13. The summed E-state index contributed by atoms with van der Waals surface area (Å²) in [6.45, 7) is 2.20. The maximum absolute atomic E-state index is 14.9. The van der Waals surface area contributed by atoms with Gasteiger partial charge in [-0.25, -0.2) is 8.78 Å². The van der Waals surface area contributed by atoms with Crippen LogP contribution in [0.25, 0.3) is 22.3 Å². The Bertz CT molecular complexity index is 1200. The zero-order chi connectivity index (χ0) is 21.4. The van der Waals surface area contributed by atoms with Crippen LogP contribution in [0.2, 0.25) is 0 Å². The summed E-state index contributed by atoms with van der Waals surface area (Å²) in [6.07, 6.45) is -2.64. The van der Waals surface area contributed by atoms with Crippen molar-refractivity contribution in [2.24, 2.45) is 0 Å². The van der Waals surface area contributed by atoms with Crippen molar-refractivity contribution in [1.29, 1.82) is 0 Å². The van der Waals surface area contributed by atoms with Crippen LogP contribution in [0.5, 0.6) is 0 Å². The molecule has 154 valence electrons. The number of fused-ring (bicyclic) bond motifs is 1. The van der Waals surface area contributed by atoms with Crippen LogP contribution in [-0.2, 0) is 16.9 Å². The van der Waals surface area contributed by atoms with Gasteiger partial charge >= 0.3 is 0 Å². The maximum Gasteiger partial charge on any atom is 0.264 e. The van der Waals surface area contributed by atoms with E-state index in [1.807, 2.05) is 104 Å². The minimum Gasteiger partial charge on any atom is -0.361 e. The average Bonchev–Trinajstić information content (AvgIpc) is 3.17. The largest absolute Gasteiger partial charge is 0.361 e. The number of alkyl halides is 2. The van der Waals surface area contributed by atoms with E-state index in [0.29, 0.717) is 17.7 Å². The lowest BCUT2D eigenvalue weighted by Crippen LogP contribution is -2.24. The maximum atomic E-state index is 14.9. The lowest BCUT2D eigenvalue weighted by atomic mass is 9.78. The standard InChI is InChI=1S/C28H22F2O/c1-28(22-15-9-4-10-16-22)26-21(18-31-28)17-23(19-11-5-2-6-12-19)24(25(26)27(29)30)20-13-7-3-8-14-20/h2-17,27H,18H2,1H3. The van der Waals surface area contributed by atoms with E-state index in [4.69, 9.17) is 4.74 Å². The molecule has 4 aromatic carbocycles. The van der Waals surface area contributed by atoms with Crippen molar-refractivity contribution in [3.05, 3.63) is 119 Å². The van der Waals surface area contributed by atoms with Crippen LogP contribution < -0.4 is 0 Å². The van der Waals surface area contributed by atoms with Gasteiger partial charge in [-0.2, -0.15) is 0 Å². The molecule has 3 heteroatoms. The molecule has 1 aliphatic heterocycles. The SMILES string of the molecule is CC1(c2ccccc2)OCc2cc(-c3ccccc3)c(-c3ccccc3)c(C(F)F)c21. The average molecular weight is 412 g/mol. The van der Waals surface area contributed by atoms with E-state index in [1.54, 1.807) is 0 Å². The van der Waals surface area contributed by atoms with E-state index in [0.717, 1.165) is 27.8 Å². The van der Waals surface area contributed by atoms with Crippen LogP contribution in [-0.4, -0.2) is 0 Å². The second kappa shape index (κ2) is 7.75. The van der Waals surface area contributed by atoms with E-state index in [2.05, 4.69) is 0 Å². The molecule has 0 radical (unpaired) electrons. The summed E-state index contributed by atoms with van der Waals surface area (Å²) in [7, 11) is 0. The molecule has 5 rings (SSSR count). The number of rotatable bonds is 4. The molecular weight excluding hydrogens is 390 g/mol. The molecular formula is C28H22F2O. The Labute approximate surface area is 181 Å². The van der Waals surface area contributed by atoms with E-state index in [1.165, 1.54) is 0 Å². The molecule has 0 aliphatic carbocycles. The van der Waals surface area contributed by atoms with Crippen LogP contribution in [0.1, 0.15) is 35.6 Å². The topological polar surface area (TPSA) is 9.23 Å². The van der Waals surface area contributed by atoms with Crippen molar-refractivity contribution < 1.29 is 13.5 Å². The molecule has 0 amide bonds. The second-order valence-electron chi connectivity index (χ2n) is 7.97. The Morgan fingerprint density at radius 3 is 1.90 bits per heavy atom. The highest BCUT2D eigenvalue weighted by molar-refractivity contribution is 5.88. The number of halogens is 2. The van der Waals surface area contributed by atoms with Crippen LogP contribution in [0.15, 0.2) is 97.1 Å². The third kappa shape index (κ3) is 3.26. The Morgan fingerprint density at radius 1 is 0.774 bits per heavy atom. The molecule has 0 N–H and O–H groups in total. The molecule has 1 heterocycles. The van der Waals surface area contributed by atoms with Gasteiger partial charge < -0.3 is 4.74 Å². The fourth-order valence-corrected chi connectivity index (χ4v) is 4.70. The van der Waals surface area contributed by atoms with Crippen molar-refractivity contribution >= 4 is 0 Å². The van der Waals surface area contributed by atoms with Crippen LogP contribution in [0.3, 0.4) is 0 Å². The van der Waals surface area contributed by atoms with E-state index >= 15 is 0 Å². The Kier molecular flexibility index (Phi) is 4.91. The number of ether oxygens (including phenoxy) is 1. The highest BCUT2D eigenvalue weighted by atomic mass is 19.3. The summed E-state index contributed by atoms with van der Waals surface area (Å²) in [6, 6.07) is 30.9. The number of benzene rings is 4. The predicted octanol–water partition coefficient (Wildman–Crippen LogP) is 7.75. The van der Waals surface area contributed by atoms with E-state index < -0.39 is 12.0 Å². The molecule has 1 aliphatic rings. The Balaban J connectivity index is 1.88. The minimum atomic E-state index is -2.64. The van der Waals surface area contributed by atoms with Crippen LogP contribution in [0.4, 0.5) is 8.78 Å². The molecule has 1 nitrogen and oxygen atoms in total. The van der Waals surface area contributed by atoms with E-state index in [-0.39, 0.29) is 5.56 Å². The van der Waals surface area contributed by atoms with Gasteiger partial charge in [-0.05, 0) is 46.4 Å². The smallest absolute Gasteiger partial charge is 0.264 e. The highest BCUT2D eigenvalue weighted by Crippen LogP contribution is 2.51. The van der Waals surface area contributed by atoms with Crippen molar-refractivity contribution in [1.82, 2.24) is 0 Å². The van der Waals surface area contributed by atoms with Gasteiger partial charge in [-0.15, -0.1) is 0 Å². The fourth-order valence-electron chi connectivity index (χ4n) is 4.70. The van der Waals surface area contributed by atoms with Gasteiger partial charge in [0.15, 0.2) is 0 Å². The first kappa shape index (κ1) is 19.7. The van der Waals surface area contributed by atoms with Gasteiger partial charge in [-0.3, -0.25) is 0 Å². The van der Waals surface area contributed by atoms with Crippen molar-refractivity contribution in [3.8, 4) is 22.3 Å². The lowest BCUT2D eigenvalue weighted by molar-refractivity contribution is 0.00757. The van der Waals surface area contributed by atoms with Gasteiger partial charge in [0.05, 0.1) is 6.61 Å². The third-order valence-corrected chi connectivity index (χ3v) is 6.13. The molecule has 0 saturated carbocycles. The van der Waals surface area contributed by atoms with Gasteiger partial charge in [-0.1, -0.05) is 91.0 Å². The predicted molar refractivity (Wildman–Crippen MR) is 120 cm³/mol. The van der Waals surface area contributed by atoms with Gasteiger partial charge in [0.25, 0.3) is 6.43 Å². The molecule has 31 heavy (non-hydrogen) atoms. The lowest BCUT2D eigenvalue weighted by Gasteiger charge is -2.29. The van der Waals surface area contributed by atoms with Gasteiger partial charge in [0, 0.05) is 11.1 Å². The van der Waals surface area contributed by atoms with Gasteiger partial charge in [0.2, 0.25) is 0 Å². The summed E-state index contributed by atoms with van der Waals surface area (Å²) in [5.74, 6) is 0. The summed E-state index contributed by atoms with van der Waals surface area (Å²) in [4.78, 5) is 0. The molecule has 0 fully saturated rings. The zero-order valence-electron chi connectivity index (χ0n) is 17.2. The zero-order valence-corrected chi connectivity index (χ0v) is 17.2. The van der Waals surface area contributed by atoms with E-state index in [9.17, 15) is 8.78 Å². The molecule has 0 bridgehead atoms. The molecule has 1 unspecified atom stereocenters. The first-order valence-corrected chi connectivity index (χ1v) is 10.4. The normalized spacial score (nSPS) is 17.7. The van der Waals surface area contributed by atoms with Crippen LogP contribution >= 0.6 is 0 Å². The molecule has 0 spiro atoms. The Hall–Kier alpha value is -3.30. The second-order valence-corrected chi connectivity index (χ2v) is 7.97. The van der Waals surface area contributed by atoms with Crippen LogP contribution in [0, 0.1) is 0 Å². The molecule has 0 saturated heterocycles. The summed E-state index contributed by atoms with van der Waals surface area (Å²) in [5, 5.41) is 0. The first-order valence-electron chi connectivity index (χ1n) is 10.4. The van der Waals surface area contributed by atoms with Crippen molar-refractivity contribution in [2.75, 3.05) is 0 Å². The molecule has 4 aromatic rings. The summed E-state index contributed by atoms with van der Waals surface area (Å²) >= 11 is 0. The van der Waals surface area contributed by atoms with Crippen molar-refractivity contribution in [2.45, 2.75) is 25.6 Å². The number of hydrogen-bond acceptors (Lipinski definition) is 1. The first-order chi connectivity index (χ1) is 15.1. The van der Waals surface area contributed by atoms with Gasteiger partial charge in [0.1, 0.15) is 5.60 Å². The molecule has 0 aromatic heterocycles. The summed E-state index contributed by atoms with van der Waals surface area (Å²) in [5.41, 5.74) is 4.50. The number of hydrogen-bond donors (Lipinski definition) is 0. The van der Waals surface area contributed by atoms with Crippen molar-refractivity contribution in [3.63, 3.8) is 0 Å².